The molecule has 0 fully saturated rings. The first-order valence-electron chi connectivity index (χ1n) is 5.63. The lowest BCUT2D eigenvalue weighted by Gasteiger charge is -2.09. The van der Waals surface area contributed by atoms with Crippen molar-refractivity contribution in [2.45, 2.75) is 6.04 Å². The summed E-state index contributed by atoms with van der Waals surface area (Å²) in [6, 6.07) is 2.73. The number of carboxylic acid groups (broad SMARTS) is 1. The molecule has 0 aromatic heterocycles. The van der Waals surface area contributed by atoms with E-state index >= 15 is 0 Å². The number of aliphatic hydroxyl groups excluding tert-OH is 1. The molecule has 0 saturated heterocycles. The number of carboxylic acids is 1. The van der Waals surface area contributed by atoms with Crippen molar-refractivity contribution in [3.63, 3.8) is 0 Å². The number of nitrogens with one attached hydrogen (secondary N) is 1. The van der Waals surface area contributed by atoms with Gasteiger partial charge in [-0.15, -0.1) is 0 Å². The molecule has 20 heavy (non-hydrogen) atoms. The third-order valence-electron chi connectivity index (χ3n) is 2.40. The molecule has 0 aliphatic rings. The van der Waals surface area contributed by atoms with Crippen LogP contribution >= 0.6 is 0 Å². The number of carbonyl (C=O) groups is 2. The van der Waals surface area contributed by atoms with Crippen LogP contribution in [0.4, 0.5) is 4.39 Å². The lowest BCUT2D eigenvalue weighted by atomic mass is 10.2. The quantitative estimate of drug-likeness (QED) is 0.657. The molecule has 0 spiro atoms. The molecule has 1 aromatic rings. The van der Waals surface area contributed by atoms with Crippen molar-refractivity contribution in [1.82, 2.24) is 5.32 Å². The van der Waals surface area contributed by atoms with Crippen molar-refractivity contribution in [1.29, 1.82) is 0 Å². The molecule has 7 heteroatoms. The fraction of sp³-hybridized carbons (Fsp3) is 0.231. The number of aliphatic hydroxyl groups is 1. The van der Waals surface area contributed by atoms with E-state index in [0.29, 0.717) is 5.56 Å². The Morgan fingerprint density at radius 3 is 2.70 bits per heavy atom. The summed E-state index contributed by atoms with van der Waals surface area (Å²) >= 11 is 0. The summed E-state index contributed by atoms with van der Waals surface area (Å²) in [5, 5.41) is 19.5. The third-order valence-corrected chi connectivity index (χ3v) is 2.40. The van der Waals surface area contributed by atoms with E-state index in [1.54, 1.807) is 0 Å². The highest BCUT2D eigenvalue weighted by molar-refractivity contribution is 5.94. The second-order valence-corrected chi connectivity index (χ2v) is 3.81. The van der Waals surface area contributed by atoms with Crippen LogP contribution in [0.1, 0.15) is 5.56 Å². The predicted molar refractivity (Wildman–Crippen MR) is 68.6 cm³/mol. The van der Waals surface area contributed by atoms with Crippen LogP contribution in [0.3, 0.4) is 0 Å². The van der Waals surface area contributed by atoms with Crippen molar-refractivity contribution < 1.29 is 28.9 Å². The molecule has 108 valence electrons. The second-order valence-electron chi connectivity index (χ2n) is 3.81. The van der Waals surface area contributed by atoms with Crippen LogP contribution < -0.4 is 10.1 Å². The van der Waals surface area contributed by atoms with Crippen molar-refractivity contribution >= 4 is 18.0 Å². The minimum atomic E-state index is -1.38. The van der Waals surface area contributed by atoms with Gasteiger partial charge in [0.25, 0.3) is 0 Å². The van der Waals surface area contributed by atoms with Crippen molar-refractivity contribution in [2.75, 3.05) is 13.7 Å². The normalized spacial score (nSPS) is 12.2. The Labute approximate surface area is 114 Å². The fourth-order valence-corrected chi connectivity index (χ4v) is 1.36. The number of benzene rings is 1. The molecule has 0 heterocycles. The van der Waals surface area contributed by atoms with Gasteiger partial charge in [-0.3, -0.25) is 4.79 Å². The highest BCUT2D eigenvalue weighted by Crippen LogP contribution is 2.18. The largest absolute Gasteiger partial charge is 0.494 e. The Bertz CT molecular complexity index is 529. The standard InChI is InChI=1S/C13H14FNO5/c1-20-11-4-2-8(6-9(11)14)3-5-12(17)15-10(7-16)13(18)19/h2-6,10,16H,7H2,1H3,(H,15,17)(H,18,19)/b5-3+. The zero-order valence-corrected chi connectivity index (χ0v) is 10.7. The smallest absolute Gasteiger partial charge is 0.328 e. The van der Waals surface area contributed by atoms with Gasteiger partial charge in [0.05, 0.1) is 13.7 Å². The zero-order chi connectivity index (χ0) is 15.1. The van der Waals surface area contributed by atoms with Gasteiger partial charge < -0.3 is 20.3 Å². The van der Waals surface area contributed by atoms with E-state index in [4.69, 9.17) is 14.9 Å². The number of hydrogen-bond donors (Lipinski definition) is 3. The molecule has 1 unspecified atom stereocenters. The molecule has 0 aliphatic carbocycles. The molecule has 1 rings (SSSR count). The highest BCUT2D eigenvalue weighted by Gasteiger charge is 2.17. The molecular weight excluding hydrogens is 269 g/mol. The Morgan fingerprint density at radius 2 is 2.20 bits per heavy atom. The summed E-state index contributed by atoms with van der Waals surface area (Å²) in [5.41, 5.74) is 0.411. The van der Waals surface area contributed by atoms with Crippen LogP contribution in [0, 0.1) is 5.82 Å². The van der Waals surface area contributed by atoms with Crippen LogP contribution in [-0.4, -0.2) is 41.8 Å². The molecule has 0 aliphatic heterocycles. The van der Waals surface area contributed by atoms with Crippen molar-refractivity contribution in [3.8, 4) is 5.75 Å². The number of rotatable bonds is 6. The van der Waals surface area contributed by atoms with Gasteiger partial charge in [0.1, 0.15) is 0 Å². The van der Waals surface area contributed by atoms with Gasteiger partial charge in [-0.2, -0.15) is 0 Å². The van der Waals surface area contributed by atoms with Gasteiger partial charge in [-0.05, 0) is 23.8 Å². The average molecular weight is 283 g/mol. The van der Waals surface area contributed by atoms with Crippen LogP contribution in [0.25, 0.3) is 6.08 Å². The maximum absolute atomic E-state index is 13.4. The van der Waals surface area contributed by atoms with Gasteiger partial charge in [0.15, 0.2) is 17.6 Å². The third kappa shape index (κ3) is 4.36. The van der Waals surface area contributed by atoms with Crippen LogP contribution in [0.15, 0.2) is 24.3 Å². The maximum atomic E-state index is 13.4. The van der Waals surface area contributed by atoms with E-state index in [2.05, 4.69) is 5.32 Å². The summed E-state index contributed by atoms with van der Waals surface area (Å²) in [5.74, 6) is -2.54. The minimum Gasteiger partial charge on any atom is -0.494 e. The van der Waals surface area contributed by atoms with E-state index < -0.39 is 30.3 Å². The lowest BCUT2D eigenvalue weighted by molar-refractivity contribution is -0.142. The van der Waals surface area contributed by atoms with Gasteiger partial charge in [-0.25, -0.2) is 9.18 Å². The van der Waals surface area contributed by atoms with Gasteiger partial charge in [0, 0.05) is 6.08 Å². The van der Waals surface area contributed by atoms with E-state index in [9.17, 15) is 14.0 Å². The van der Waals surface area contributed by atoms with E-state index in [-0.39, 0.29) is 5.75 Å². The number of aliphatic carboxylic acids is 1. The van der Waals surface area contributed by atoms with Gasteiger partial charge in [-0.1, -0.05) is 6.07 Å². The van der Waals surface area contributed by atoms with Gasteiger partial charge in [0.2, 0.25) is 5.91 Å². The predicted octanol–water partition coefficient (Wildman–Crippen LogP) is 0.409. The van der Waals surface area contributed by atoms with Crippen LogP contribution in [0.2, 0.25) is 0 Å². The lowest BCUT2D eigenvalue weighted by Crippen LogP contribution is -2.42. The van der Waals surface area contributed by atoms with Gasteiger partial charge >= 0.3 is 5.97 Å². The summed E-state index contributed by atoms with van der Waals surface area (Å²) in [7, 11) is 1.34. The van der Waals surface area contributed by atoms with Crippen LogP contribution in [0.5, 0.6) is 5.75 Å². The molecular formula is C13H14FNO5. The summed E-state index contributed by atoms with van der Waals surface area (Å²) in [6.45, 7) is -0.716. The molecule has 0 saturated carbocycles. The van der Waals surface area contributed by atoms with E-state index in [1.807, 2.05) is 0 Å². The maximum Gasteiger partial charge on any atom is 0.328 e. The summed E-state index contributed by atoms with van der Waals surface area (Å²) in [4.78, 5) is 22.0. The molecule has 0 bridgehead atoms. The Hall–Kier alpha value is -2.41. The number of amides is 1. The molecule has 0 radical (unpaired) electrons. The average Bonchev–Trinajstić information content (AvgIpc) is 2.42. The van der Waals surface area contributed by atoms with Crippen molar-refractivity contribution in [2.24, 2.45) is 0 Å². The number of carbonyl (C=O) groups excluding carboxylic acids is 1. The number of ether oxygens (including phenoxy) is 1. The second kappa shape index (κ2) is 7.25. The highest BCUT2D eigenvalue weighted by atomic mass is 19.1. The number of methoxy groups -OCH3 is 1. The number of hydrogen-bond acceptors (Lipinski definition) is 4. The molecule has 1 aromatic carbocycles. The fourth-order valence-electron chi connectivity index (χ4n) is 1.36. The van der Waals surface area contributed by atoms with E-state index in [0.717, 1.165) is 6.08 Å². The molecule has 1 atom stereocenters. The summed E-state index contributed by atoms with van der Waals surface area (Å²) in [6.07, 6.45) is 2.36. The number of halogens is 1. The molecule has 6 nitrogen and oxygen atoms in total. The van der Waals surface area contributed by atoms with Crippen molar-refractivity contribution in [3.05, 3.63) is 35.7 Å². The Morgan fingerprint density at radius 1 is 1.50 bits per heavy atom. The first-order chi connectivity index (χ1) is 9.47. The Kier molecular flexibility index (Phi) is 5.67. The van der Waals surface area contributed by atoms with Crippen LogP contribution in [-0.2, 0) is 9.59 Å². The summed E-state index contributed by atoms with van der Waals surface area (Å²) < 4.78 is 18.1. The topological polar surface area (TPSA) is 95.9 Å². The molecule has 3 N–H and O–H groups in total. The first kappa shape index (κ1) is 15.6. The monoisotopic (exact) mass is 283 g/mol. The minimum absolute atomic E-state index is 0.0813. The first-order valence-corrected chi connectivity index (χ1v) is 5.63. The van der Waals surface area contributed by atoms with E-state index in [1.165, 1.54) is 31.4 Å². The zero-order valence-electron chi connectivity index (χ0n) is 10.7. The SMILES string of the molecule is COc1ccc(/C=C/C(=O)NC(CO)C(=O)O)cc1F. The molecule has 1 amide bonds. The Balaban J connectivity index is 2.70.